The number of hydrogen-bond donors (Lipinski definition) is 2. The number of imidazole rings is 2. The molecule has 6 heteroatoms. The molecule has 1 atom stereocenters. The van der Waals surface area contributed by atoms with E-state index in [1.807, 2.05) is 29.2 Å². The molecular formula is C20H25N5O. The van der Waals surface area contributed by atoms with E-state index in [0.717, 1.165) is 41.1 Å². The minimum absolute atomic E-state index is 0.137. The Morgan fingerprint density at radius 3 is 2.88 bits per heavy atom. The molecule has 0 aliphatic carbocycles. The Morgan fingerprint density at radius 2 is 2.12 bits per heavy atom. The number of carbonyl (C=O) groups excluding carboxylic acids is 1. The maximum absolute atomic E-state index is 13.0. The number of nitrogens with zero attached hydrogens (tertiary/aromatic N) is 3. The van der Waals surface area contributed by atoms with Crippen LogP contribution in [0.3, 0.4) is 0 Å². The molecule has 1 aromatic carbocycles. The number of amides is 1. The molecule has 2 aromatic heterocycles. The summed E-state index contributed by atoms with van der Waals surface area (Å²) in [6.45, 7) is 7.18. The maximum Gasteiger partial charge on any atom is 0.223 e. The molecule has 136 valence electrons. The van der Waals surface area contributed by atoms with Crippen LogP contribution in [0.25, 0.3) is 11.0 Å². The molecule has 1 aliphatic rings. The van der Waals surface area contributed by atoms with Gasteiger partial charge in [-0.3, -0.25) is 4.79 Å². The number of H-pyrrole nitrogens is 2. The molecule has 0 saturated heterocycles. The lowest BCUT2D eigenvalue weighted by Gasteiger charge is -2.34. The molecule has 1 amide bonds. The third-order valence-electron chi connectivity index (χ3n) is 5.00. The van der Waals surface area contributed by atoms with Crippen molar-refractivity contribution in [1.29, 1.82) is 0 Å². The zero-order valence-corrected chi connectivity index (χ0v) is 15.5. The molecule has 3 aromatic rings. The fraction of sp³-hybridized carbons (Fsp3) is 0.450. The van der Waals surface area contributed by atoms with Crippen molar-refractivity contribution >= 4 is 16.9 Å². The second-order valence-corrected chi connectivity index (χ2v) is 8.21. The zero-order valence-electron chi connectivity index (χ0n) is 15.5. The summed E-state index contributed by atoms with van der Waals surface area (Å²) in [5, 5.41) is 0. The van der Waals surface area contributed by atoms with Crippen LogP contribution in [0.1, 0.15) is 56.9 Å². The summed E-state index contributed by atoms with van der Waals surface area (Å²) in [4.78, 5) is 30.8. The SMILES string of the molecule is CC(C)(C)CCC(=O)N1CCc2[nH]cnc2[C@H]1c1nc2ccccc2[nH]1. The molecule has 6 nitrogen and oxygen atoms in total. The van der Waals surface area contributed by atoms with Crippen molar-refractivity contribution in [1.82, 2.24) is 24.8 Å². The molecule has 4 rings (SSSR count). The molecule has 0 unspecified atom stereocenters. The van der Waals surface area contributed by atoms with Gasteiger partial charge in [-0.25, -0.2) is 9.97 Å². The first-order chi connectivity index (χ1) is 12.4. The Labute approximate surface area is 153 Å². The van der Waals surface area contributed by atoms with E-state index >= 15 is 0 Å². The van der Waals surface area contributed by atoms with Crippen molar-refractivity contribution in [2.75, 3.05) is 6.54 Å². The second kappa shape index (κ2) is 6.27. The molecule has 26 heavy (non-hydrogen) atoms. The monoisotopic (exact) mass is 351 g/mol. The van der Waals surface area contributed by atoms with Crippen LogP contribution >= 0.6 is 0 Å². The van der Waals surface area contributed by atoms with Crippen LogP contribution in [-0.4, -0.2) is 37.3 Å². The van der Waals surface area contributed by atoms with E-state index in [9.17, 15) is 4.79 Å². The van der Waals surface area contributed by atoms with Crippen molar-refractivity contribution in [3.8, 4) is 0 Å². The Bertz CT molecular complexity index is 900. The van der Waals surface area contributed by atoms with Crippen molar-refractivity contribution in [3.05, 3.63) is 47.8 Å². The molecule has 2 N–H and O–H groups in total. The van der Waals surface area contributed by atoms with E-state index in [0.29, 0.717) is 13.0 Å². The van der Waals surface area contributed by atoms with Gasteiger partial charge in [0.2, 0.25) is 5.91 Å². The average Bonchev–Trinajstić information content (AvgIpc) is 3.24. The number of nitrogens with one attached hydrogen (secondary N) is 2. The number of fused-ring (bicyclic) bond motifs is 2. The first-order valence-electron chi connectivity index (χ1n) is 9.19. The first kappa shape index (κ1) is 16.8. The number of para-hydroxylation sites is 2. The second-order valence-electron chi connectivity index (χ2n) is 8.21. The summed E-state index contributed by atoms with van der Waals surface area (Å²) in [5.74, 6) is 0.947. The van der Waals surface area contributed by atoms with Crippen LogP contribution in [0.15, 0.2) is 30.6 Å². The molecule has 0 spiro atoms. The lowest BCUT2D eigenvalue weighted by atomic mass is 9.90. The third kappa shape index (κ3) is 3.11. The highest BCUT2D eigenvalue weighted by molar-refractivity contribution is 5.78. The van der Waals surface area contributed by atoms with Crippen LogP contribution in [-0.2, 0) is 11.2 Å². The number of hydrogen-bond acceptors (Lipinski definition) is 3. The van der Waals surface area contributed by atoms with Crippen molar-refractivity contribution in [3.63, 3.8) is 0 Å². The van der Waals surface area contributed by atoms with Gasteiger partial charge in [0.15, 0.2) is 0 Å². The number of benzene rings is 1. The fourth-order valence-electron chi connectivity index (χ4n) is 3.55. The molecule has 0 radical (unpaired) electrons. The molecule has 0 fully saturated rings. The highest BCUT2D eigenvalue weighted by Gasteiger charge is 2.36. The third-order valence-corrected chi connectivity index (χ3v) is 5.00. The summed E-state index contributed by atoms with van der Waals surface area (Å²) < 4.78 is 0. The van der Waals surface area contributed by atoms with Crippen molar-refractivity contribution in [2.24, 2.45) is 5.41 Å². The lowest BCUT2D eigenvalue weighted by Crippen LogP contribution is -2.41. The van der Waals surface area contributed by atoms with Gasteiger partial charge in [0.05, 0.1) is 23.1 Å². The van der Waals surface area contributed by atoms with Crippen LogP contribution in [0.5, 0.6) is 0 Å². The summed E-state index contributed by atoms with van der Waals surface area (Å²) >= 11 is 0. The Balaban J connectivity index is 1.70. The number of rotatable bonds is 3. The largest absolute Gasteiger partial charge is 0.348 e. The highest BCUT2D eigenvalue weighted by atomic mass is 16.2. The lowest BCUT2D eigenvalue weighted by molar-refractivity contribution is -0.134. The van der Waals surface area contributed by atoms with Gasteiger partial charge in [0, 0.05) is 25.1 Å². The van der Waals surface area contributed by atoms with Gasteiger partial charge in [0.1, 0.15) is 11.9 Å². The highest BCUT2D eigenvalue weighted by Crippen LogP contribution is 2.34. The van der Waals surface area contributed by atoms with Gasteiger partial charge in [0.25, 0.3) is 0 Å². The average molecular weight is 351 g/mol. The van der Waals surface area contributed by atoms with Gasteiger partial charge < -0.3 is 14.9 Å². The van der Waals surface area contributed by atoms with Gasteiger partial charge in [-0.1, -0.05) is 32.9 Å². The predicted molar refractivity (Wildman–Crippen MR) is 101 cm³/mol. The van der Waals surface area contributed by atoms with Crippen LogP contribution < -0.4 is 0 Å². The summed E-state index contributed by atoms with van der Waals surface area (Å²) in [6.07, 6.45) is 3.92. The quantitative estimate of drug-likeness (QED) is 0.757. The summed E-state index contributed by atoms with van der Waals surface area (Å²) in [7, 11) is 0. The van der Waals surface area contributed by atoms with Gasteiger partial charge in [-0.2, -0.15) is 0 Å². The Morgan fingerprint density at radius 1 is 1.31 bits per heavy atom. The summed E-state index contributed by atoms with van der Waals surface area (Å²) in [6, 6.07) is 7.68. The number of aromatic amines is 2. The van der Waals surface area contributed by atoms with E-state index in [4.69, 9.17) is 4.98 Å². The van der Waals surface area contributed by atoms with E-state index in [-0.39, 0.29) is 17.4 Å². The van der Waals surface area contributed by atoms with E-state index < -0.39 is 0 Å². The number of aromatic nitrogens is 4. The maximum atomic E-state index is 13.0. The topological polar surface area (TPSA) is 77.7 Å². The van der Waals surface area contributed by atoms with Crippen LogP contribution in [0, 0.1) is 5.41 Å². The van der Waals surface area contributed by atoms with E-state index in [1.54, 1.807) is 6.33 Å². The number of carbonyl (C=O) groups is 1. The van der Waals surface area contributed by atoms with E-state index in [2.05, 4.69) is 35.7 Å². The zero-order chi connectivity index (χ0) is 18.3. The predicted octanol–water partition coefficient (Wildman–Crippen LogP) is 3.59. The van der Waals surface area contributed by atoms with Crippen LogP contribution in [0.4, 0.5) is 0 Å². The van der Waals surface area contributed by atoms with Gasteiger partial charge in [-0.05, 0) is 24.0 Å². The normalized spacial score (nSPS) is 17.5. The smallest absolute Gasteiger partial charge is 0.223 e. The molecule has 1 aliphatic heterocycles. The minimum Gasteiger partial charge on any atom is -0.348 e. The van der Waals surface area contributed by atoms with Crippen molar-refractivity contribution < 1.29 is 4.79 Å². The first-order valence-corrected chi connectivity index (χ1v) is 9.19. The van der Waals surface area contributed by atoms with E-state index in [1.165, 1.54) is 0 Å². The van der Waals surface area contributed by atoms with Crippen LogP contribution in [0.2, 0.25) is 0 Å². The molecule has 0 bridgehead atoms. The molecule has 0 saturated carbocycles. The van der Waals surface area contributed by atoms with Crippen molar-refractivity contribution in [2.45, 2.75) is 46.1 Å². The van der Waals surface area contributed by atoms with Gasteiger partial charge in [-0.15, -0.1) is 0 Å². The molecular weight excluding hydrogens is 326 g/mol. The Kier molecular flexibility index (Phi) is 4.05. The minimum atomic E-state index is -0.259. The van der Waals surface area contributed by atoms with Gasteiger partial charge >= 0.3 is 0 Å². The molecule has 3 heterocycles. The Hall–Kier alpha value is -2.63. The summed E-state index contributed by atoms with van der Waals surface area (Å²) in [5.41, 5.74) is 4.02. The fourth-order valence-corrected chi connectivity index (χ4v) is 3.55. The standard InChI is InChI=1S/C20H25N5O/c1-20(2,3)10-8-16(26)25-11-9-15-17(22-12-21-15)18(25)19-23-13-6-4-5-7-14(13)24-19/h4-7,12,18H,8-11H2,1-3H3,(H,21,22)(H,23,24)/t18-/m0/s1.